The van der Waals surface area contributed by atoms with Gasteiger partial charge in [0.25, 0.3) is 0 Å². The van der Waals surface area contributed by atoms with Gasteiger partial charge in [-0.25, -0.2) is 0 Å². The molecule has 0 aromatic heterocycles. The zero-order chi connectivity index (χ0) is 20.1. The normalized spacial score (nSPS) is 23.2. The molecule has 1 aromatic rings. The smallest absolute Gasteiger partial charge is 0.323 e. The van der Waals surface area contributed by atoms with Crippen molar-refractivity contribution in [3.63, 3.8) is 0 Å². The monoisotopic (exact) mass is 448 g/mol. The first-order valence-corrected chi connectivity index (χ1v) is 9.95. The van der Waals surface area contributed by atoms with E-state index in [1.807, 2.05) is 0 Å². The maximum Gasteiger partial charge on any atom is 0.323 e. The lowest BCUT2D eigenvalue weighted by molar-refractivity contribution is -0.168. The van der Waals surface area contributed by atoms with Crippen molar-refractivity contribution in [1.82, 2.24) is 4.90 Å². The molecule has 0 bridgehead atoms. The molecule has 2 aliphatic rings. The summed E-state index contributed by atoms with van der Waals surface area (Å²) in [5.74, 6) is -3.48. The number of carbonyl (C=O) groups is 3. The first-order chi connectivity index (χ1) is 12.6. The highest BCUT2D eigenvalue weighted by molar-refractivity contribution is 8.00. The summed E-state index contributed by atoms with van der Waals surface area (Å²) in [6, 6.07) is 4.10. The molecule has 2 N–H and O–H groups in total. The Labute approximate surface area is 174 Å². The van der Waals surface area contributed by atoms with Crippen molar-refractivity contribution in [3.05, 3.63) is 28.2 Å². The summed E-state index contributed by atoms with van der Waals surface area (Å²) in [4.78, 5) is 39.1. The summed E-state index contributed by atoms with van der Waals surface area (Å²) >= 11 is 18.7. The van der Waals surface area contributed by atoms with E-state index in [0.717, 1.165) is 11.8 Å². The Morgan fingerprint density at radius 2 is 1.96 bits per heavy atom. The zero-order valence-corrected chi connectivity index (χ0v) is 17.0. The molecule has 1 amide bonds. The highest BCUT2D eigenvalue weighted by atomic mass is 35.5. The number of hydrogen-bond donors (Lipinski definition) is 2. The van der Waals surface area contributed by atoms with E-state index >= 15 is 0 Å². The number of thiocarbonyl (C=S) groups is 1. The van der Waals surface area contributed by atoms with Crippen LogP contribution in [0.1, 0.15) is 6.92 Å². The Morgan fingerprint density at radius 1 is 1.33 bits per heavy atom. The van der Waals surface area contributed by atoms with Crippen molar-refractivity contribution in [2.75, 3.05) is 17.2 Å². The molecule has 0 saturated carbocycles. The molecule has 2 heterocycles. The van der Waals surface area contributed by atoms with Gasteiger partial charge >= 0.3 is 11.9 Å². The Balaban J connectivity index is 1.93. The first kappa shape index (κ1) is 20.2. The predicted molar refractivity (Wildman–Crippen MR) is 107 cm³/mol. The van der Waals surface area contributed by atoms with Crippen LogP contribution in [-0.4, -0.2) is 61.7 Å². The van der Waals surface area contributed by atoms with Gasteiger partial charge in [-0.05, 0) is 25.1 Å². The van der Waals surface area contributed by atoms with Crippen molar-refractivity contribution in [2.24, 2.45) is 5.41 Å². The number of fused-ring (bicyclic) bond motifs is 1. The lowest BCUT2D eigenvalue weighted by Crippen LogP contribution is -2.75. The van der Waals surface area contributed by atoms with Gasteiger partial charge in [-0.15, -0.1) is 11.8 Å². The van der Waals surface area contributed by atoms with Gasteiger partial charge in [0.05, 0.1) is 15.7 Å². The summed E-state index contributed by atoms with van der Waals surface area (Å²) in [7, 11) is 0. The number of anilines is 1. The molecular formula is C16H14Cl2N2O5S2. The first-order valence-electron chi connectivity index (χ1n) is 7.74. The van der Waals surface area contributed by atoms with Crippen LogP contribution in [0, 0.1) is 5.41 Å². The van der Waals surface area contributed by atoms with Crippen LogP contribution in [0.4, 0.5) is 5.69 Å². The van der Waals surface area contributed by atoms with E-state index in [9.17, 15) is 24.6 Å². The maximum absolute atomic E-state index is 12.8. The highest BCUT2D eigenvalue weighted by Crippen LogP contribution is 2.46. The van der Waals surface area contributed by atoms with Gasteiger partial charge < -0.3 is 20.0 Å². The third kappa shape index (κ3) is 3.16. The van der Waals surface area contributed by atoms with Crippen LogP contribution >= 0.6 is 47.2 Å². The van der Waals surface area contributed by atoms with Crippen molar-refractivity contribution < 1.29 is 24.6 Å². The van der Waals surface area contributed by atoms with E-state index < -0.39 is 41.2 Å². The van der Waals surface area contributed by atoms with Crippen LogP contribution in [0.25, 0.3) is 0 Å². The SMILES string of the molecule is CC(=S)N(c1cc(Cl)ccc1Cl)C1C(=O)N2CC(C(=O)O)(C(=O)O)CS[C@H]12. The lowest BCUT2D eigenvalue weighted by atomic mass is 9.87. The lowest BCUT2D eigenvalue weighted by Gasteiger charge is -2.55. The molecule has 0 spiro atoms. The molecule has 2 atom stereocenters. The molecule has 2 fully saturated rings. The molecule has 2 aliphatic heterocycles. The average Bonchev–Trinajstić information content (AvgIpc) is 2.60. The van der Waals surface area contributed by atoms with Crippen LogP contribution < -0.4 is 4.90 Å². The minimum Gasteiger partial charge on any atom is -0.480 e. The molecule has 1 unspecified atom stereocenters. The zero-order valence-electron chi connectivity index (χ0n) is 13.9. The van der Waals surface area contributed by atoms with E-state index in [1.54, 1.807) is 30.0 Å². The minimum absolute atomic E-state index is 0.157. The van der Waals surface area contributed by atoms with E-state index in [0.29, 0.717) is 20.7 Å². The third-order valence-electron chi connectivity index (χ3n) is 4.66. The quantitative estimate of drug-likeness (QED) is 0.411. The summed E-state index contributed by atoms with van der Waals surface area (Å²) in [6.07, 6.45) is 0. The standard InChI is InChI=1S/C16H14Cl2N2O5S2/c1-7(26)20(10-4-8(17)2-3-9(10)18)11-12(21)19-5-16(14(22)23,15(24)25)6-27-13(11)19/h2-4,11,13H,5-6H2,1H3,(H,22,23)(H,24,25)/t11?,13-/m1/s1. The number of β-lactam (4-membered cyclic amide) rings is 1. The van der Waals surface area contributed by atoms with Gasteiger partial charge in [-0.2, -0.15) is 0 Å². The van der Waals surface area contributed by atoms with Gasteiger partial charge in [0.2, 0.25) is 5.91 Å². The Morgan fingerprint density at radius 3 is 2.52 bits per heavy atom. The number of carbonyl (C=O) groups excluding carboxylic acids is 1. The number of nitrogens with zero attached hydrogens (tertiary/aromatic N) is 2. The highest BCUT2D eigenvalue weighted by Gasteiger charge is 2.62. The molecule has 11 heteroatoms. The number of aliphatic carboxylic acids is 2. The number of thioether (sulfide) groups is 1. The molecule has 3 rings (SSSR count). The third-order valence-corrected chi connectivity index (χ3v) is 6.92. The second-order valence-electron chi connectivity index (χ2n) is 6.29. The van der Waals surface area contributed by atoms with Gasteiger partial charge in [0.15, 0.2) is 5.41 Å². The summed E-state index contributed by atoms with van der Waals surface area (Å²) in [5, 5.41) is 19.1. The number of halogens is 2. The second-order valence-corrected chi connectivity index (χ2v) is 8.83. The van der Waals surface area contributed by atoms with Crippen molar-refractivity contribution in [2.45, 2.75) is 18.3 Å². The molecule has 0 aliphatic carbocycles. The van der Waals surface area contributed by atoms with Gasteiger partial charge in [0, 0.05) is 17.3 Å². The molecule has 7 nitrogen and oxygen atoms in total. The second kappa shape index (κ2) is 7.12. The number of rotatable bonds is 4. The number of benzene rings is 1. The topological polar surface area (TPSA) is 98.2 Å². The van der Waals surface area contributed by atoms with Crippen LogP contribution in [0.15, 0.2) is 18.2 Å². The van der Waals surface area contributed by atoms with E-state index in [2.05, 4.69) is 0 Å². The van der Waals surface area contributed by atoms with Crippen LogP contribution in [-0.2, 0) is 14.4 Å². The molecular weight excluding hydrogens is 435 g/mol. The maximum atomic E-state index is 12.8. The van der Waals surface area contributed by atoms with E-state index in [-0.39, 0.29) is 5.75 Å². The molecule has 27 heavy (non-hydrogen) atoms. The van der Waals surface area contributed by atoms with Crippen LogP contribution in [0.3, 0.4) is 0 Å². The van der Waals surface area contributed by atoms with Gasteiger partial charge in [-0.1, -0.05) is 35.4 Å². The predicted octanol–water partition coefficient (Wildman–Crippen LogP) is 2.59. The van der Waals surface area contributed by atoms with E-state index in [4.69, 9.17) is 35.4 Å². The number of hydrogen-bond acceptors (Lipinski definition) is 5. The minimum atomic E-state index is -2.02. The molecule has 144 valence electrons. The molecule has 1 aromatic carbocycles. The average molecular weight is 449 g/mol. The summed E-state index contributed by atoms with van der Waals surface area (Å²) in [5.41, 5.74) is -1.55. The van der Waals surface area contributed by atoms with Crippen molar-refractivity contribution in [3.8, 4) is 0 Å². The van der Waals surface area contributed by atoms with Gasteiger partial charge in [0.1, 0.15) is 11.4 Å². The van der Waals surface area contributed by atoms with Crippen molar-refractivity contribution in [1.29, 1.82) is 0 Å². The molecule has 2 saturated heterocycles. The van der Waals surface area contributed by atoms with Crippen molar-refractivity contribution >= 4 is 75.7 Å². The largest absolute Gasteiger partial charge is 0.480 e. The Bertz CT molecular complexity index is 851. The molecule has 0 radical (unpaired) electrons. The fraction of sp³-hybridized carbons (Fsp3) is 0.375. The number of amides is 1. The van der Waals surface area contributed by atoms with E-state index in [1.165, 1.54) is 4.90 Å². The summed E-state index contributed by atoms with van der Waals surface area (Å²) < 4.78 is 0. The fourth-order valence-corrected chi connectivity index (χ4v) is 5.35. The number of carboxylic acids is 2. The Kier molecular flexibility index (Phi) is 5.33. The fourth-order valence-electron chi connectivity index (χ4n) is 3.19. The van der Waals surface area contributed by atoms with Crippen LogP contribution in [0.5, 0.6) is 0 Å². The number of carboxylic acid groups (broad SMARTS) is 2. The van der Waals surface area contributed by atoms with Gasteiger partial charge in [-0.3, -0.25) is 14.4 Å². The summed E-state index contributed by atoms with van der Waals surface area (Å²) in [6.45, 7) is 1.26. The van der Waals surface area contributed by atoms with Crippen LogP contribution in [0.2, 0.25) is 10.0 Å². The Hall–Kier alpha value is -1.55.